The van der Waals surface area contributed by atoms with Crippen molar-refractivity contribution in [3.63, 3.8) is 0 Å². The summed E-state index contributed by atoms with van der Waals surface area (Å²) in [5.41, 5.74) is 0.623. The Morgan fingerprint density at radius 1 is 1.48 bits per heavy atom. The van der Waals surface area contributed by atoms with Crippen LogP contribution < -0.4 is 5.32 Å². The van der Waals surface area contributed by atoms with Crippen molar-refractivity contribution in [2.75, 3.05) is 6.61 Å². The van der Waals surface area contributed by atoms with E-state index in [9.17, 15) is 10.1 Å². The van der Waals surface area contributed by atoms with Crippen molar-refractivity contribution in [1.29, 1.82) is 5.26 Å². The van der Waals surface area contributed by atoms with Crippen molar-refractivity contribution < 1.29 is 9.53 Å². The van der Waals surface area contributed by atoms with Crippen molar-refractivity contribution in [1.82, 2.24) is 5.32 Å². The normalized spacial score (nSPS) is 19.0. The van der Waals surface area contributed by atoms with E-state index in [1.165, 1.54) is 0 Å². The third-order valence-electron chi connectivity index (χ3n) is 3.43. The zero-order chi connectivity index (χ0) is 15.2. The molecule has 1 saturated heterocycles. The van der Waals surface area contributed by atoms with E-state index < -0.39 is 6.04 Å². The average Bonchev–Trinajstić information content (AvgIpc) is 2.99. The molecule has 0 spiro atoms. The summed E-state index contributed by atoms with van der Waals surface area (Å²) >= 11 is 11.8. The van der Waals surface area contributed by atoms with Gasteiger partial charge in [-0.25, -0.2) is 0 Å². The van der Waals surface area contributed by atoms with Crippen LogP contribution in [-0.2, 0) is 9.53 Å². The Morgan fingerprint density at radius 3 is 2.90 bits per heavy atom. The molecule has 0 aliphatic carbocycles. The largest absolute Gasteiger partial charge is 0.378 e. The van der Waals surface area contributed by atoms with Gasteiger partial charge in [0, 0.05) is 13.0 Å². The number of hydrogen-bond acceptors (Lipinski definition) is 3. The van der Waals surface area contributed by atoms with Gasteiger partial charge in [0.2, 0.25) is 5.91 Å². The molecule has 0 radical (unpaired) electrons. The molecule has 2 rings (SSSR count). The predicted octanol–water partition coefficient (Wildman–Crippen LogP) is 3.63. The smallest absolute Gasteiger partial charge is 0.221 e. The van der Waals surface area contributed by atoms with Gasteiger partial charge in [-0.05, 0) is 37.0 Å². The summed E-state index contributed by atoms with van der Waals surface area (Å²) in [5.74, 6) is -0.164. The lowest BCUT2D eigenvalue weighted by Gasteiger charge is -2.14. The topological polar surface area (TPSA) is 62.1 Å². The molecule has 1 aromatic carbocycles. The molecule has 1 aliphatic heterocycles. The van der Waals surface area contributed by atoms with Crippen LogP contribution in [0.3, 0.4) is 0 Å². The third kappa shape index (κ3) is 4.60. The van der Waals surface area contributed by atoms with Crippen molar-refractivity contribution in [3.05, 3.63) is 33.8 Å². The molecule has 1 fully saturated rings. The Kier molecular flexibility index (Phi) is 5.86. The average molecular weight is 327 g/mol. The van der Waals surface area contributed by atoms with Crippen LogP contribution in [0.1, 0.15) is 37.3 Å². The van der Waals surface area contributed by atoms with Gasteiger partial charge >= 0.3 is 0 Å². The van der Waals surface area contributed by atoms with Gasteiger partial charge in [-0.1, -0.05) is 29.3 Å². The van der Waals surface area contributed by atoms with Gasteiger partial charge in [0.15, 0.2) is 0 Å². The minimum atomic E-state index is -0.725. The van der Waals surface area contributed by atoms with Crippen molar-refractivity contribution in [3.8, 4) is 6.07 Å². The van der Waals surface area contributed by atoms with Crippen LogP contribution in [0, 0.1) is 11.3 Å². The number of carbonyl (C=O) groups excluding carboxylic acids is 1. The lowest BCUT2D eigenvalue weighted by Crippen LogP contribution is -2.28. The number of ether oxygens (including phenoxy) is 1. The fourth-order valence-corrected chi connectivity index (χ4v) is 2.59. The summed E-state index contributed by atoms with van der Waals surface area (Å²) in [7, 11) is 0. The number of carbonyl (C=O) groups is 1. The lowest BCUT2D eigenvalue weighted by molar-refractivity contribution is -0.122. The van der Waals surface area contributed by atoms with Crippen molar-refractivity contribution in [2.45, 2.75) is 37.8 Å². The number of nitriles is 1. The first-order valence-corrected chi connectivity index (χ1v) is 7.61. The first-order chi connectivity index (χ1) is 10.1. The minimum absolute atomic E-state index is 0.164. The number of hydrogen-bond donors (Lipinski definition) is 1. The number of halogens is 2. The van der Waals surface area contributed by atoms with E-state index >= 15 is 0 Å². The lowest BCUT2D eigenvalue weighted by atomic mass is 10.1. The monoisotopic (exact) mass is 326 g/mol. The van der Waals surface area contributed by atoms with Crippen LogP contribution in [0.4, 0.5) is 0 Å². The second-order valence-corrected chi connectivity index (χ2v) is 5.79. The fourth-order valence-electron chi connectivity index (χ4n) is 2.28. The van der Waals surface area contributed by atoms with E-state index in [0.717, 1.165) is 19.4 Å². The Labute approximate surface area is 134 Å². The fraction of sp³-hybridized carbons (Fsp3) is 0.467. The molecule has 6 heteroatoms. The molecule has 0 unspecified atom stereocenters. The van der Waals surface area contributed by atoms with E-state index in [4.69, 9.17) is 27.9 Å². The molecule has 1 N–H and O–H groups in total. The molecular weight excluding hydrogens is 311 g/mol. The highest BCUT2D eigenvalue weighted by Gasteiger charge is 2.19. The first-order valence-electron chi connectivity index (χ1n) is 6.85. The molecule has 4 nitrogen and oxygen atoms in total. The zero-order valence-electron chi connectivity index (χ0n) is 11.4. The molecule has 0 saturated carbocycles. The van der Waals surface area contributed by atoms with E-state index in [1.807, 2.05) is 0 Å². The van der Waals surface area contributed by atoms with Crippen molar-refractivity contribution >= 4 is 29.1 Å². The van der Waals surface area contributed by atoms with E-state index in [2.05, 4.69) is 11.4 Å². The minimum Gasteiger partial charge on any atom is -0.378 e. The highest BCUT2D eigenvalue weighted by atomic mass is 35.5. The van der Waals surface area contributed by atoms with E-state index in [1.54, 1.807) is 18.2 Å². The highest BCUT2D eigenvalue weighted by molar-refractivity contribution is 6.42. The van der Waals surface area contributed by atoms with E-state index in [0.29, 0.717) is 28.5 Å². The van der Waals surface area contributed by atoms with Crippen molar-refractivity contribution in [2.24, 2.45) is 0 Å². The van der Waals surface area contributed by atoms with Gasteiger partial charge in [-0.15, -0.1) is 0 Å². The van der Waals surface area contributed by atoms with Crippen LogP contribution in [0.15, 0.2) is 18.2 Å². The van der Waals surface area contributed by atoms with Crippen LogP contribution in [0.25, 0.3) is 0 Å². The molecule has 0 bridgehead atoms. The molecule has 2 atom stereocenters. The summed E-state index contributed by atoms with van der Waals surface area (Å²) in [6, 6.07) is 6.23. The maximum Gasteiger partial charge on any atom is 0.221 e. The molecule has 1 aliphatic rings. The second kappa shape index (κ2) is 7.65. The second-order valence-electron chi connectivity index (χ2n) is 4.98. The Balaban J connectivity index is 1.90. The van der Waals surface area contributed by atoms with Crippen LogP contribution in [0.5, 0.6) is 0 Å². The standard InChI is InChI=1S/C15H16Cl2N2O2/c16-12-5-3-10(8-13(12)17)14(9-18)19-15(20)6-4-11-2-1-7-21-11/h3,5,8,11,14H,1-2,4,6-7H2,(H,19,20)/t11-,14-/m0/s1. The molecule has 21 heavy (non-hydrogen) atoms. The SMILES string of the molecule is N#C[C@H](NC(=O)CC[C@@H]1CCCO1)c1ccc(Cl)c(Cl)c1. The van der Waals surface area contributed by atoms with Gasteiger partial charge in [0.1, 0.15) is 6.04 Å². The summed E-state index contributed by atoms with van der Waals surface area (Å²) in [4.78, 5) is 11.9. The van der Waals surface area contributed by atoms with Gasteiger partial charge in [-0.3, -0.25) is 4.79 Å². The molecule has 1 aromatic rings. The van der Waals surface area contributed by atoms with Crippen LogP contribution in [-0.4, -0.2) is 18.6 Å². The Bertz CT molecular complexity index is 551. The number of amides is 1. The van der Waals surface area contributed by atoms with Crippen LogP contribution in [0.2, 0.25) is 10.0 Å². The zero-order valence-corrected chi connectivity index (χ0v) is 13.0. The predicted molar refractivity (Wildman–Crippen MR) is 81.2 cm³/mol. The number of nitrogens with one attached hydrogen (secondary N) is 1. The van der Waals surface area contributed by atoms with E-state index in [-0.39, 0.29) is 12.0 Å². The van der Waals surface area contributed by atoms with Crippen LogP contribution >= 0.6 is 23.2 Å². The summed E-state index contributed by atoms with van der Waals surface area (Å²) in [5, 5.41) is 12.7. The molecule has 1 heterocycles. The summed E-state index contributed by atoms with van der Waals surface area (Å²) < 4.78 is 5.47. The number of rotatable bonds is 5. The summed E-state index contributed by atoms with van der Waals surface area (Å²) in [6.45, 7) is 0.774. The quantitative estimate of drug-likeness (QED) is 0.898. The number of nitrogens with zero attached hydrogens (tertiary/aromatic N) is 1. The van der Waals surface area contributed by atoms with Gasteiger partial charge < -0.3 is 10.1 Å². The van der Waals surface area contributed by atoms with Gasteiger partial charge in [-0.2, -0.15) is 5.26 Å². The molecule has 1 amide bonds. The van der Waals surface area contributed by atoms with Gasteiger partial charge in [0.25, 0.3) is 0 Å². The summed E-state index contributed by atoms with van der Waals surface area (Å²) in [6.07, 6.45) is 3.26. The Hall–Kier alpha value is -1.28. The first kappa shape index (κ1) is 16.1. The molecular formula is C15H16Cl2N2O2. The number of benzene rings is 1. The van der Waals surface area contributed by atoms with Gasteiger partial charge in [0.05, 0.1) is 22.2 Å². The molecule has 0 aromatic heterocycles. The molecule has 112 valence electrons. The maximum absolute atomic E-state index is 11.9. The maximum atomic E-state index is 11.9. The third-order valence-corrected chi connectivity index (χ3v) is 4.17. The Morgan fingerprint density at radius 2 is 2.29 bits per heavy atom. The highest BCUT2D eigenvalue weighted by Crippen LogP contribution is 2.25.